The van der Waals surface area contributed by atoms with Crippen LogP contribution in [0.5, 0.6) is 5.75 Å². The molecule has 1 aromatic carbocycles. The average molecular weight is 290 g/mol. The summed E-state index contributed by atoms with van der Waals surface area (Å²) in [5, 5.41) is 4.01. The summed E-state index contributed by atoms with van der Waals surface area (Å²) in [6.45, 7) is 2.42. The standard InChI is InChI=1S/C14H14N2O3S/c1-8-12(13(17)18-2)16-14(20-8)15-10-7-19-11-6-4-3-5-9(10)11/h3-6,10H,7H2,1-2H3,(H,15,16). The normalized spacial score (nSPS) is 16.4. The van der Waals surface area contributed by atoms with Crippen LogP contribution in [0, 0.1) is 6.92 Å². The Hall–Kier alpha value is -2.08. The predicted octanol–water partition coefficient (Wildman–Crippen LogP) is 2.78. The van der Waals surface area contributed by atoms with Crippen LogP contribution < -0.4 is 10.1 Å². The molecule has 0 amide bonds. The average Bonchev–Trinajstić information content (AvgIpc) is 3.03. The Labute approximate surface area is 120 Å². The highest BCUT2D eigenvalue weighted by atomic mass is 32.1. The number of nitrogens with zero attached hydrogens (tertiary/aromatic N) is 1. The Morgan fingerprint density at radius 2 is 2.30 bits per heavy atom. The van der Waals surface area contributed by atoms with Crippen LogP contribution in [0.15, 0.2) is 24.3 Å². The van der Waals surface area contributed by atoms with Gasteiger partial charge in [0, 0.05) is 10.4 Å². The molecule has 1 aliphatic heterocycles. The topological polar surface area (TPSA) is 60.5 Å². The third-order valence-corrected chi connectivity index (χ3v) is 4.07. The van der Waals surface area contributed by atoms with Gasteiger partial charge in [0.15, 0.2) is 10.8 Å². The monoisotopic (exact) mass is 290 g/mol. The molecule has 6 heteroatoms. The van der Waals surface area contributed by atoms with Gasteiger partial charge >= 0.3 is 5.97 Å². The number of anilines is 1. The molecule has 1 aliphatic rings. The number of benzene rings is 1. The van der Waals surface area contributed by atoms with Gasteiger partial charge in [-0.15, -0.1) is 11.3 Å². The van der Waals surface area contributed by atoms with Gasteiger partial charge in [0.1, 0.15) is 12.4 Å². The van der Waals surface area contributed by atoms with E-state index in [-0.39, 0.29) is 6.04 Å². The van der Waals surface area contributed by atoms with Gasteiger partial charge in [0.2, 0.25) is 0 Å². The van der Waals surface area contributed by atoms with Crippen molar-refractivity contribution in [3.05, 3.63) is 40.4 Å². The Bertz CT molecular complexity index is 654. The highest BCUT2D eigenvalue weighted by Crippen LogP contribution is 2.35. The first-order chi connectivity index (χ1) is 9.69. The number of ether oxygens (including phenoxy) is 2. The van der Waals surface area contributed by atoms with Crippen molar-refractivity contribution in [2.75, 3.05) is 19.0 Å². The fraction of sp³-hybridized carbons (Fsp3) is 0.286. The molecule has 104 valence electrons. The zero-order chi connectivity index (χ0) is 14.1. The summed E-state index contributed by atoms with van der Waals surface area (Å²) in [4.78, 5) is 16.7. The maximum atomic E-state index is 11.6. The van der Waals surface area contributed by atoms with Gasteiger partial charge in [-0.3, -0.25) is 0 Å². The highest BCUT2D eigenvalue weighted by Gasteiger charge is 2.25. The molecule has 2 aromatic rings. The molecule has 1 unspecified atom stereocenters. The second-order valence-corrected chi connectivity index (χ2v) is 5.66. The summed E-state index contributed by atoms with van der Waals surface area (Å²) in [6, 6.07) is 7.97. The molecule has 0 saturated heterocycles. The number of carbonyl (C=O) groups excluding carboxylic acids is 1. The molecule has 1 N–H and O–H groups in total. The van der Waals surface area contributed by atoms with Gasteiger partial charge < -0.3 is 14.8 Å². The van der Waals surface area contributed by atoms with Crippen molar-refractivity contribution < 1.29 is 14.3 Å². The summed E-state index contributed by atoms with van der Waals surface area (Å²) >= 11 is 1.44. The van der Waals surface area contributed by atoms with E-state index in [1.165, 1.54) is 18.4 Å². The van der Waals surface area contributed by atoms with E-state index in [4.69, 9.17) is 9.47 Å². The van der Waals surface area contributed by atoms with E-state index in [2.05, 4.69) is 10.3 Å². The van der Waals surface area contributed by atoms with Gasteiger partial charge in [0.05, 0.1) is 13.2 Å². The largest absolute Gasteiger partial charge is 0.491 e. The minimum Gasteiger partial charge on any atom is -0.491 e. The molecule has 0 radical (unpaired) electrons. The van der Waals surface area contributed by atoms with E-state index >= 15 is 0 Å². The lowest BCUT2D eigenvalue weighted by atomic mass is 10.1. The zero-order valence-corrected chi connectivity index (χ0v) is 12.0. The van der Waals surface area contributed by atoms with E-state index in [1.807, 2.05) is 31.2 Å². The molecule has 5 nitrogen and oxygen atoms in total. The van der Waals surface area contributed by atoms with Crippen molar-refractivity contribution in [3.8, 4) is 5.75 Å². The molecular formula is C14H14N2O3S. The minimum atomic E-state index is -0.408. The summed E-state index contributed by atoms with van der Waals surface area (Å²) in [5.41, 5.74) is 1.48. The molecule has 0 saturated carbocycles. The maximum absolute atomic E-state index is 11.6. The van der Waals surface area contributed by atoms with E-state index < -0.39 is 5.97 Å². The van der Waals surface area contributed by atoms with Gasteiger partial charge in [-0.05, 0) is 13.0 Å². The molecule has 0 fully saturated rings. The Morgan fingerprint density at radius 3 is 3.10 bits per heavy atom. The smallest absolute Gasteiger partial charge is 0.357 e. The zero-order valence-electron chi connectivity index (χ0n) is 11.2. The number of aryl methyl sites for hydroxylation is 1. The van der Waals surface area contributed by atoms with Gasteiger partial charge in [-0.25, -0.2) is 9.78 Å². The van der Waals surface area contributed by atoms with Crippen LogP contribution in [-0.2, 0) is 4.74 Å². The van der Waals surface area contributed by atoms with E-state index in [0.717, 1.165) is 16.2 Å². The number of methoxy groups -OCH3 is 1. The lowest BCUT2D eigenvalue weighted by molar-refractivity contribution is 0.0594. The summed E-state index contributed by atoms with van der Waals surface area (Å²) in [5.74, 6) is 0.487. The number of carbonyl (C=O) groups is 1. The quantitative estimate of drug-likeness (QED) is 0.881. The number of thiazole rings is 1. The molecule has 20 heavy (non-hydrogen) atoms. The minimum absolute atomic E-state index is 0.0576. The first-order valence-corrected chi connectivity index (χ1v) is 7.04. The van der Waals surface area contributed by atoms with Gasteiger partial charge in [-0.1, -0.05) is 18.2 Å². The fourth-order valence-electron chi connectivity index (χ4n) is 2.18. The lowest BCUT2D eigenvalue weighted by Gasteiger charge is -2.09. The van der Waals surface area contributed by atoms with Crippen LogP contribution in [0.4, 0.5) is 5.13 Å². The number of nitrogens with one attached hydrogen (secondary N) is 1. The molecule has 2 heterocycles. The molecule has 3 rings (SSSR count). The second-order valence-electron chi connectivity index (χ2n) is 4.46. The molecule has 1 atom stereocenters. The Kier molecular flexibility index (Phi) is 3.31. The van der Waals surface area contributed by atoms with Gasteiger partial charge in [0.25, 0.3) is 0 Å². The van der Waals surface area contributed by atoms with Crippen molar-refractivity contribution >= 4 is 22.4 Å². The third-order valence-electron chi connectivity index (χ3n) is 3.17. The molecule has 0 aliphatic carbocycles. The van der Waals surface area contributed by atoms with Crippen LogP contribution in [-0.4, -0.2) is 24.7 Å². The maximum Gasteiger partial charge on any atom is 0.357 e. The molecular weight excluding hydrogens is 276 g/mol. The number of aromatic nitrogens is 1. The molecule has 1 aromatic heterocycles. The number of hydrogen-bond acceptors (Lipinski definition) is 6. The number of hydrogen-bond donors (Lipinski definition) is 1. The first kappa shape index (κ1) is 12.9. The first-order valence-electron chi connectivity index (χ1n) is 6.23. The van der Waals surface area contributed by atoms with E-state index in [9.17, 15) is 4.79 Å². The molecule has 0 spiro atoms. The number of fused-ring (bicyclic) bond motifs is 1. The van der Waals surface area contributed by atoms with Crippen LogP contribution in [0.1, 0.15) is 27.0 Å². The van der Waals surface area contributed by atoms with Crippen molar-refractivity contribution in [1.29, 1.82) is 0 Å². The summed E-state index contributed by atoms with van der Waals surface area (Å²) in [7, 11) is 1.36. The van der Waals surface area contributed by atoms with Crippen LogP contribution in [0.25, 0.3) is 0 Å². The lowest BCUT2D eigenvalue weighted by Crippen LogP contribution is -2.12. The second kappa shape index (κ2) is 5.13. The predicted molar refractivity (Wildman–Crippen MR) is 76.5 cm³/mol. The van der Waals surface area contributed by atoms with Crippen LogP contribution >= 0.6 is 11.3 Å². The van der Waals surface area contributed by atoms with Gasteiger partial charge in [-0.2, -0.15) is 0 Å². The van der Waals surface area contributed by atoms with E-state index in [0.29, 0.717) is 17.4 Å². The van der Waals surface area contributed by atoms with Crippen molar-refractivity contribution in [1.82, 2.24) is 4.98 Å². The van der Waals surface area contributed by atoms with Crippen LogP contribution in [0.3, 0.4) is 0 Å². The van der Waals surface area contributed by atoms with E-state index in [1.54, 1.807) is 0 Å². The van der Waals surface area contributed by atoms with Crippen molar-refractivity contribution in [2.24, 2.45) is 0 Å². The Morgan fingerprint density at radius 1 is 1.50 bits per heavy atom. The third kappa shape index (κ3) is 2.22. The SMILES string of the molecule is COC(=O)c1nc(NC2COc3ccccc32)sc1C. The fourth-order valence-corrected chi connectivity index (χ4v) is 3.03. The molecule has 0 bridgehead atoms. The van der Waals surface area contributed by atoms with Crippen molar-refractivity contribution in [3.63, 3.8) is 0 Å². The summed E-state index contributed by atoms with van der Waals surface area (Å²) < 4.78 is 10.3. The number of para-hydroxylation sites is 1. The summed E-state index contributed by atoms with van der Waals surface area (Å²) in [6.07, 6.45) is 0. The number of rotatable bonds is 3. The highest BCUT2D eigenvalue weighted by molar-refractivity contribution is 7.15. The Balaban J connectivity index is 1.81. The number of esters is 1. The van der Waals surface area contributed by atoms with Crippen LogP contribution in [0.2, 0.25) is 0 Å². The van der Waals surface area contributed by atoms with Crippen molar-refractivity contribution in [2.45, 2.75) is 13.0 Å².